The summed E-state index contributed by atoms with van der Waals surface area (Å²) < 4.78 is 0. The van der Waals surface area contributed by atoms with Crippen LogP contribution in [-0.2, 0) is 12.8 Å². The Balaban J connectivity index is 1.91. The molecule has 1 aliphatic heterocycles. The predicted molar refractivity (Wildman–Crippen MR) is 82.0 cm³/mol. The average molecular weight is 251 g/mol. The maximum absolute atomic E-state index is 3.48. The quantitative estimate of drug-likeness (QED) is 0.841. The summed E-state index contributed by atoms with van der Waals surface area (Å²) in [5.74, 6) is 0. The fourth-order valence-electron chi connectivity index (χ4n) is 2.97. The number of benzene rings is 2. The van der Waals surface area contributed by atoms with Gasteiger partial charge in [-0.05, 0) is 67.0 Å². The SMILES string of the molecule is Cc1cccc(C)c1Cc1ccc2c(c1)CCCN2. The van der Waals surface area contributed by atoms with E-state index in [1.807, 2.05) is 0 Å². The summed E-state index contributed by atoms with van der Waals surface area (Å²) >= 11 is 0. The van der Waals surface area contributed by atoms with Crippen molar-refractivity contribution in [1.29, 1.82) is 0 Å². The van der Waals surface area contributed by atoms with E-state index < -0.39 is 0 Å². The van der Waals surface area contributed by atoms with Crippen molar-refractivity contribution in [2.45, 2.75) is 33.1 Å². The van der Waals surface area contributed by atoms with Crippen molar-refractivity contribution < 1.29 is 0 Å². The van der Waals surface area contributed by atoms with E-state index in [0.717, 1.165) is 13.0 Å². The zero-order valence-electron chi connectivity index (χ0n) is 11.8. The Bertz CT molecular complexity index is 578. The highest BCUT2D eigenvalue weighted by molar-refractivity contribution is 5.55. The molecule has 0 atom stereocenters. The lowest BCUT2D eigenvalue weighted by molar-refractivity contribution is 0.828. The van der Waals surface area contributed by atoms with Crippen molar-refractivity contribution in [3.8, 4) is 0 Å². The Kier molecular flexibility index (Phi) is 3.29. The number of hydrogen-bond donors (Lipinski definition) is 1. The van der Waals surface area contributed by atoms with Gasteiger partial charge < -0.3 is 5.32 Å². The molecule has 3 rings (SSSR count). The Labute approximate surface area is 115 Å². The van der Waals surface area contributed by atoms with Crippen LogP contribution in [0.5, 0.6) is 0 Å². The first-order valence-electron chi connectivity index (χ1n) is 7.15. The van der Waals surface area contributed by atoms with E-state index in [4.69, 9.17) is 0 Å². The van der Waals surface area contributed by atoms with E-state index in [1.165, 1.54) is 46.3 Å². The number of fused-ring (bicyclic) bond motifs is 1. The molecule has 2 aromatic carbocycles. The molecule has 0 spiro atoms. The van der Waals surface area contributed by atoms with Gasteiger partial charge in [-0.2, -0.15) is 0 Å². The zero-order chi connectivity index (χ0) is 13.2. The maximum atomic E-state index is 3.48. The molecular formula is C18H21N. The molecule has 1 heteroatoms. The second-order valence-electron chi connectivity index (χ2n) is 5.57. The summed E-state index contributed by atoms with van der Waals surface area (Å²) in [5, 5.41) is 3.48. The van der Waals surface area contributed by atoms with Crippen LogP contribution in [0.3, 0.4) is 0 Å². The van der Waals surface area contributed by atoms with E-state index >= 15 is 0 Å². The van der Waals surface area contributed by atoms with E-state index in [1.54, 1.807) is 0 Å². The van der Waals surface area contributed by atoms with Crippen molar-refractivity contribution in [1.82, 2.24) is 0 Å². The van der Waals surface area contributed by atoms with Crippen molar-refractivity contribution in [3.63, 3.8) is 0 Å². The molecule has 1 nitrogen and oxygen atoms in total. The van der Waals surface area contributed by atoms with Crippen LogP contribution in [0.2, 0.25) is 0 Å². The Hall–Kier alpha value is -1.76. The Morgan fingerprint density at radius 2 is 1.84 bits per heavy atom. The van der Waals surface area contributed by atoms with Crippen molar-refractivity contribution in [2.75, 3.05) is 11.9 Å². The molecule has 0 fully saturated rings. The lowest BCUT2D eigenvalue weighted by Crippen LogP contribution is -2.11. The summed E-state index contributed by atoms with van der Waals surface area (Å²) in [5.41, 5.74) is 8.52. The van der Waals surface area contributed by atoms with Crippen molar-refractivity contribution in [2.24, 2.45) is 0 Å². The molecule has 2 aromatic rings. The van der Waals surface area contributed by atoms with Gasteiger partial charge in [0.05, 0.1) is 0 Å². The molecule has 98 valence electrons. The molecule has 1 N–H and O–H groups in total. The number of anilines is 1. The molecule has 0 aliphatic carbocycles. The highest BCUT2D eigenvalue weighted by Crippen LogP contribution is 2.25. The van der Waals surface area contributed by atoms with Gasteiger partial charge in [0.15, 0.2) is 0 Å². The second kappa shape index (κ2) is 5.08. The normalized spacial score (nSPS) is 13.8. The van der Waals surface area contributed by atoms with Gasteiger partial charge in [-0.3, -0.25) is 0 Å². The van der Waals surface area contributed by atoms with Crippen molar-refractivity contribution >= 4 is 5.69 Å². The van der Waals surface area contributed by atoms with Crippen LogP contribution in [0.25, 0.3) is 0 Å². The van der Waals surface area contributed by atoms with Gasteiger partial charge in [0.2, 0.25) is 0 Å². The molecule has 0 aromatic heterocycles. The highest BCUT2D eigenvalue weighted by Gasteiger charge is 2.10. The van der Waals surface area contributed by atoms with E-state index in [0.29, 0.717) is 0 Å². The maximum Gasteiger partial charge on any atom is 0.0372 e. The van der Waals surface area contributed by atoms with Gasteiger partial charge in [0, 0.05) is 12.2 Å². The molecule has 0 saturated heterocycles. The van der Waals surface area contributed by atoms with Crippen LogP contribution >= 0.6 is 0 Å². The topological polar surface area (TPSA) is 12.0 Å². The summed E-state index contributed by atoms with van der Waals surface area (Å²) in [6.07, 6.45) is 3.51. The number of hydrogen-bond acceptors (Lipinski definition) is 1. The molecule has 1 heterocycles. The first-order valence-corrected chi connectivity index (χ1v) is 7.15. The molecular weight excluding hydrogens is 230 g/mol. The van der Waals surface area contributed by atoms with Crippen LogP contribution in [0, 0.1) is 13.8 Å². The Morgan fingerprint density at radius 3 is 2.63 bits per heavy atom. The third-order valence-electron chi connectivity index (χ3n) is 4.13. The summed E-state index contributed by atoms with van der Waals surface area (Å²) in [6, 6.07) is 13.5. The monoisotopic (exact) mass is 251 g/mol. The molecule has 19 heavy (non-hydrogen) atoms. The van der Waals surface area contributed by atoms with Crippen molar-refractivity contribution in [3.05, 3.63) is 64.2 Å². The fraction of sp³-hybridized carbons (Fsp3) is 0.333. The lowest BCUT2D eigenvalue weighted by Gasteiger charge is -2.19. The van der Waals surface area contributed by atoms with E-state index in [-0.39, 0.29) is 0 Å². The molecule has 0 saturated carbocycles. The number of aryl methyl sites for hydroxylation is 3. The Morgan fingerprint density at radius 1 is 1.05 bits per heavy atom. The predicted octanol–water partition coefficient (Wildman–Crippen LogP) is 4.25. The van der Waals surface area contributed by atoms with Crippen LogP contribution in [0.4, 0.5) is 5.69 Å². The molecule has 0 amide bonds. The summed E-state index contributed by atoms with van der Waals surface area (Å²) in [7, 11) is 0. The number of nitrogens with one attached hydrogen (secondary N) is 1. The van der Waals surface area contributed by atoms with E-state index in [9.17, 15) is 0 Å². The zero-order valence-corrected chi connectivity index (χ0v) is 11.8. The largest absolute Gasteiger partial charge is 0.385 e. The van der Waals surface area contributed by atoms with Crippen LogP contribution in [0.15, 0.2) is 36.4 Å². The smallest absolute Gasteiger partial charge is 0.0372 e. The minimum Gasteiger partial charge on any atom is -0.385 e. The average Bonchev–Trinajstić information content (AvgIpc) is 2.43. The van der Waals surface area contributed by atoms with E-state index in [2.05, 4.69) is 55.6 Å². The molecule has 0 unspecified atom stereocenters. The minimum atomic E-state index is 1.05. The third-order valence-corrected chi connectivity index (χ3v) is 4.13. The summed E-state index contributed by atoms with van der Waals surface area (Å²) in [6.45, 7) is 5.54. The summed E-state index contributed by atoms with van der Waals surface area (Å²) in [4.78, 5) is 0. The van der Waals surface area contributed by atoms with Gasteiger partial charge in [0.1, 0.15) is 0 Å². The van der Waals surface area contributed by atoms with Crippen LogP contribution in [0.1, 0.15) is 34.2 Å². The van der Waals surface area contributed by atoms with Gasteiger partial charge >= 0.3 is 0 Å². The first-order chi connectivity index (χ1) is 9.24. The third kappa shape index (κ3) is 2.51. The molecule has 0 radical (unpaired) electrons. The fourth-order valence-corrected chi connectivity index (χ4v) is 2.97. The standard InChI is InChI=1S/C18H21N/c1-13-5-3-6-14(2)17(13)12-15-8-9-18-16(11-15)7-4-10-19-18/h3,5-6,8-9,11,19H,4,7,10,12H2,1-2H3. The first kappa shape index (κ1) is 12.3. The van der Waals surface area contributed by atoms with Gasteiger partial charge in [-0.15, -0.1) is 0 Å². The molecule has 1 aliphatic rings. The van der Waals surface area contributed by atoms with Gasteiger partial charge in [-0.1, -0.05) is 30.3 Å². The minimum absolute atomic E-state index is 1.05. The highest BCUT2D eigenvalue weighted by atomic mass is 14.9. The van der Waals surface area contributed by atoms with Gasteiger partial charge in [0.25, 0.3) is 0 Å². The molecule has 0 bridgehead atoms. The lowest BCUT2D eigenvalue weighted by atomic mass is 9.93. The van der Waals surface area contributed by atoms with Crippen LogP contribution in [-0.4, -0.2) is 6.54 Å². The second-order valence-corrected chi connectivity index (χ2v) is 5.57. The van der Waals surface area contributed by atoms with Crippen LogP contribution < -0.4 is 5.32 Å². The van der Waals surface area contributed by atoms with Gasteiger partial charge in [-0.25, -0.2) is 0 Å². The number of rotatable bonds is 2.